The average molecular weight is 245 g/mol. The summed E-state index contributed by atoms with van der Waals surface area (Å²) in [5.41, 5.74) is 1.24. The number of aryl methyl sites for hydroxylation is 1. The molecule has 0 spiro atoms. The molecule has 1 aromatic heterocycles. The van der Waals surface area contributed by atoms with Crippen molar-refractivity contribution < 1.29 is 14.3 Å². The first-order valence-electron chi connectivity index (χ1n) is 5.73. The molecule has 2 aromatic rings. The normalized spacial score (nSPS) is 12.1. The fourth-order valence-corrected chi connectivity index (χ4v) is 1.65. The fraction of sp³-hybridized carbons (Fsp3) is 0.214. The van der Waals surface area contributed by atoms with E-state index in [1.165, 1.54) is 6.26 Å². The van der Waals surface area contributed by atoms with Gasteiger partial charge in [0.05, 0.1) is 11.7 Å². The molecule has 0 aliphatic carbocycles. The topological polar surface area (TPSA) is 62.5 Å². The van der Waals surface area contributed by atoms with Crippen molar-refractivity contribution in [3.05, 3.63) is 59.5 Å². The van der Waals surface area contributed by atoms with Gasteiger partial charge in [0.25, 0.3) is 5.91 Å². The number of aliphatic hydroxyl groups is 1. The lowest BCUT2D eigenvalue weighted by Gasteiger charge is -2.11. The maximum atomic E-state index is 11.7. The highest BCUT2D eigenvalue weighted by Gasteiger charge is 2.11. The van der Waals surface area contributed by atoms with Crippen LogP contribution in [-0.4, -0.2) is 17.6 Å². The molecule has 0 saturated heterocycles. The monoisotopic (exact) mass is 245 g/mol. The van der Waals surface area contributed by atoms with Crippen LogP contribution in [0.5, 0.6) is 0 Å². The maximum Gasteiger partial charge on any atom is 0.254 e. The molecule has 0 aliphatic rings. The maximum absolute atomic E-state index is 11.7. The zero-order valence-electron chi connectivity index (χ0n) is 10.1. The van der Waals surface area contributed by atoms with Crippen molar-refractivity contribution in [1.82, 2.24) is 5.32 Å². The molecule has 4 nitrogen and oxygen atoms in total. The smallest absolute Gasteiger partial charge is 0.254 e. The molecule has 2 N–H and O–H groups in total. The van der Waals surface area contributed by atoms with Crippen molar-refractivity contribution in [2.45, 2.75) is 13.0 Å². The molecule has 18 heavy (non-hydrogen) atoms. The van der Waals surface area contributed by atoms with E-state index < -0.39 is 6.10 Å². The van der Waals surface area contributed by atoms with Crippen LogP contribution in [0, 0.1) is 6.92 Å². The second-order valence-electron chi connectivity index (χ2n) is 4.08. The van der Waals surface area contributed by atoms with Crippen LogP contribution in [0.1, 0.15) is 27.8 Å². The molecule has 0 saturated carbocycles. The minimum absolute atomic E-state index is 0.174. The van der Waals surface area contributed by atoms with Gasteiger partial charge >= 0.3 is 0 Å². The third-order valence-electron chi connectivity index (χ3n) is 2.63. The number of rotatable bonds is 4. The summed E-state index contributed by atoms with van der Waals surface area (Å²) < 4.78 is 5.05. The molecular weight excluding hydrogens is 230 g/mol. The number of carbonyl (C=O) groups is 1. The Morgan fingerprint density at radius 2 is 2.11 bits per heavy atom. The highest BCUT2D eigenvalue weighted by Crippen LogP contribution is 2.11. The number of hydrogen-bond donors (Lipinski definition) is 2. The highest BCUT2D eigenvalue weighted by atomic mass is 16.3. The van der Waals surface area contributed by atoms with Gasteiger partial charge in [0, 0.05) is 6.54 Å². The molecule has 0 bridgehead atoms. The molecule has 2 rings (SSSR count). The van der Waals surface area contributed by atoms with Gasteiger partial charge in [-0.3, -0.25) is 4.79 Å². The number of benzene rings is 1. The van der Waals surface area contributed by atoms with Crippen LogP contribution in [0.3, 0.4) is 0 Å². The summed E-state index contributed by atoms with van der Waals surface area (Å²) in [5.74, 6) is 0.436. The second kappa shape index (κ2) is 5.51. The quantitative estimate of drug-likeness (QED) is 0.866. The van der Waals surface area contributed by atoms with E-state index in [1.807, 2.05) is 30.3 Å². The van der Waals surface area contributed by atoms with Gasteiger partial charge in [-0.15, -0.1) is 0 Å². The number of aliphatic hydroxyl groups excluding tert-OH is 1. The number of carbonyl (C=O) groups excluding carboxylic acids is 1. The van der Waals surface area contributed by atoms with Gasteiger partial charge in [-0.05, 0) is 18.6 Å². The van der Waals surface area contributed by atoms with E-state index in [9.17, 15) is 9.90 Å². The molecule has 1 heterocycles. The molecular formula is C14H15NO3. The second-order valence-corrected chi connectivity index (χ2v) is 4.08. The zero-order valence-corrected chi connectivity index (χ0v) is 10.1. The van der Waals surface area contributed by atoms with Crippen LogP contribution in [-0.2, 0) is 0 Å². The standard InChI is InChI=1S/C14H15NO3/c1-10-7-12(9-18-10)14(17)15-8-13(16)11-5-3-2-4-6-11/h2-7,9,13,16H,8H2,1H3,(H,15,17). The number of hydrogen-bond acceptors (Lipinski definition) is 3. The van der Waals surface area contributed by atoms with Gasteiger partial charge in [0.1, 0.15) is 12.0 Å². The largest absolute Gasteiger partial charge is 0.469 e. The van der Waals surface area contributed by atoms with Crippen LogP contribution in [0.25, 0.3) is 0 Å². The van der Waals surface area contributed by atoms with Crippen LogP contribution in [0.15, 0.2) is 47.1 Å². The molecule has 1 unspecified atom stereocenters. The Morgan fingerprint density at radius 3 is 2.72 bits per heavy atom. The fourth-order valence-electron chi connectivity index (χ4n) is 1.65. The van der Waals surface area contributed by atoms with Crippen molar-refractivity contribution in [1.29, 1.82) is 0 Å². The molecule has 1 aromatic carbocycles. The van der Waals surface area contributed by atoms with E-state index in [2.05, 4.69) is 5.32 Å². The Hall–Kier alpha value is -2.07. The van der Waals surface area contributed by atoms with E-state index >= 15 is 0 Å². The third-order valence-corrected chi connectivity index (χ3v) is 2.63. The van der Waals surface area contributed by atoms with E-state index in [4.69, 9.17) is 4.42 Å². The third kappa shape index (κ3) is 2.99. The van der Waals surface area contributed by atoms with Crippen molar-refractivity contribution in [3.63, 3.8) is 0 Å². The van der Waals surface area contributed by atoms with Crippen molar-refractivity contribution in [2.24, 2.45) is 0 Å². The SMILES string of the molecule is Cc1cc(C(=O)NCC(O)c2ccccc2)co1. The summed E-state index contributed by atoms with van der Waals surface area (Å²) in [4.78, 5) is 11.7. The van der Waals surface area contributed by atoms with Gasteiger partial charge in [-0.1, -0.05) is 30.3 Å². The summed E-state index contributed by atoms with van der Waals surface area (Å²) >= 11 is 0. The number of furan rings is 1. The molecule has 1 amide bonds. The first kappa shape index (κ1) is 12.4. The lowest BCUT2D eigenvalue weighted by molar-refractivity contribution is 0.0915. The first-order chi connectivity index (χ1) is 8.66. The zero-order chi connectivity index (χ0) is 13.0. The molecule has 1 atom stereocenters. The predicted molar refractivity (Wildman–Crippen MR) is 67.2 cm³/mol. The Balaban J connectivity index is 1.90. The minimum Gasteiger partial charge on any atom is -0.469 e. The lowest BCUT2D eigenvalue weighted by Crippen LogP contribution is -2.28. The van der Waals surface area contributed by atoms with Crippen LogP contribution < -0.4 is 5.32 Å². The number of nitrogens with one attached hydrogen (secondary N) is 1. The minimum atomic E-state index is -0.705. The Bertz CT molecular complexity index is 519. The summed E-state index contributed by atoms with van der Waals surface area (Å²) in [5, 5.41) is 12.5. The predicted octanol–water partition coefficient (Wildman–Crippen LogP) is 2.05. The summed E-state index contributed by atoms with van der Waals surface area (Å²) in [6.07, 6.45) is 0.697. The van der Waals surface area contributed by atoms with Crippen LogP contribution in [0.4, 0.5) is 0 Å². The van der Waals surface area contributed by atoms with Crippen LogP contribution >= 0.6 is 0 Å². The first-order valence-corrected chi connectivity index (χ1v) is 5.73. The molecule has 0 aliphatic heterocycles. The van der Waals surface area contributed by atoms with Crippen molar-refractivity contribution >= 4 is 5.91 Å². The Kier molecular flexibility index (Phi) is 3.79. The summed E-state index contributed by atoms with van der Waals surface area (Å²) in [6, 6.07) is 10.9. The van der Waals surface area contributed by atoms with Crippen molar-refractivity contribution in [2.75, 3.05) is 6.54 Å². The Labute approximate surface area is 105 Å². The van der Waals surface area contributed by atoms with Gasteiger partial charge in [0.15, 0.2) is 0 Å². The molecule has 0 radical (unpaired) electrons. The van der Waals surface area contributed by atoms with Crippen LogP contribution in [0.2, 0.25) is 0 Å². The van der Waals surface area contributed by atoms with Gasteiger partial charge in [-0.2, -0.15) is 0 Å². The summed E-state index contributed by atoms with van der Waals surface area (Å²) in [6.45, 7) is 1.95. The Morgan fingerprint density at radius 1 is 1.39 bits per heavy atom. The molecule has 4 heteroatoms. The van der Waals surface area contributed by atoms with E-state index in [-0.39, 0.29) is 12.5 Å². The molecule has 94 valence electrons. The average Bonchev–Trinajstić information content (AvgIpc) is 2.83. The molecule has 0 fully saturated rings. The van der Waals surface area contributed by atoms with Gasteiger partial charge in [-0.25, -0.2) is 0 Å². The summed E-state index contributed by atoms with van der Waals surface area (Å²) in [7, 11) is 0. The van der Waals surface area contributed by atoms with E-state index in [1.54, 1.807) is 13.0 Å². The lowest BCUT2D eigenvalue weighted by atomic mass is 10.1. The van der Waals surface area contributed by atoms with Gasteiger partial charge < -0.3 is 14.8 Å². The van der Waals surface area contributed by atoms with E-state index in [0.717, 1.165) is 5.56 Å². The van der Waals surface area contributed by atoms with E-state index in [0.29, 0.717) is 11.3 Å². The number of amides is 1. The highest BCUT2D eigenvalue weighted by molar-refractivity contribution is 5.93. The van der Waals surface area contributed by atoms with Gasteiger partial charge in [0.2, 0.25) is 0 Å². The van der Waals surface area contributed by atoms with Crippen molar-refractivity contribution in [3.8, 4) is 0 Å².